The van der Waals surface area contributed by atoms with Gasteiger partial charge in [-0.2, -0.15) is 0 Å². The molecule has 0 fully saturated rings. The average Bonchev–Trinajstić information content (AvgIpc) is 2.94. The molecule has 0 saturated heterocycles. The fourth-order valence-electron chi connectivity index (χ4n) is 2.36. The number of anilines is 1. The van der Waals surface area contributed by atoms with Crippen molar-refractivity contribution in [2.24, 2.45) is 0 Å². The molecule has 0 aliphatic carbocycles. The van der Waals surface area contributed by atoms with Crippen LogP contribution in [0.25, 0.3) is 0 Å². The molecule has 1 aromatic carbocycles. The first-order valence-electron chi connectivity index (χ1n) is 7.22. The Morgan fingerprint density at radius 2 is 1.74 bits per heavy atom. The lowest BCUT2D eigenvalue weighted by molar-refractivity contribution is 0.0959. The van der Waals surface area contributed by atoms with Gasteiger partial charge in [-0.1, -0.05) is 17.7 Å². The van der Waals surface area contributed by atoms with E-state index >= 15 is 0 Å². The Kier molecular flexibility index (Phi) is 5.11. The van der Waals surface area contributed by atoms with Crippen molar-refractivity contribution in [3.8, 4) is 0 Å². The molecule has 1 amide bonds. The molecule has 0 aliphatic rings. The highest BCUT2D eigenvalue weighted by molar-refractivity contribution is 7.92. The van der Waals surface area contributed by atoms with Gasteiger partial charge in [-0.05, 0) is 44.9 Å². The van der Waals surface area contributed by atoms with E-state index in [1.165, 1.54) is 11.4 Å². The van der Waals surface area contributed by atoms with E-state index in [-0.39, 0.29) is 10.8 Å². The first kappa shape index (κ1) is 17.5. The summed E-state index contributed by atoms with van der Waals surface area (Å²) in [7, 11) is -3.72. The van der Waals surface area contributed by atoms with E-state index in [1.807, 2.05) is 39.8 Å². The predicted octanol–water partition coefficient (Wildman–Crippen LogP) is 3.22. The molecule has 2 N–H and O–H groups in total. The summed E-state index contributed by atoms with van der Waals surface area (Å²) in [5.74, 6) is -0.262. The van der Waals surface area contributed by atoms with Gasteiger partial charge in [-0.25, -0.2) is 8.42 Å². The van der Waals surface area contributed by atoms with E-state index in [2.05, 4.69) is 10.0 Å². The van der Waals surface area contributed by atoms with Gasteiger partial charge in [0.2, 0.25) is 0 Å². The van der Waals surface area contributed by atoms with E-state index in [0.29, 0.717) is 17.1 Å². The molecule has 1 heterocycles. The second-order valence-electron chi connectivity index (χ2n) is 5.39. The SMILES string of the molecule is CCNC(=O)c1cc(S(=O)(=O)Nc2c(C)cc(C)cc2C)cs1. The van der Waals surface area contributed by atoms with Crippen LogP contribution in [0.2, 0.25) is 0 Å². The highest BCUT2D eigenvalue weighted by Gasteiger charge is 2.20. The monoisotopic (exact) mass is 352 g/mol. The summed E-state index contributed by atoms with van der Waals surface area (Å²) >= 11 is 1.11. The van der Waals surface area contributed by atoms with Gasteiger partial charge in [0.1, 0.15) is 0 Å². The molecule has 0 radical (unpaired) electrons. The molecule has 0 atom stereocenters. The van der Waals surface area contributed by atoms with Gasteiger partial charge < -0.3 is 5.32 Å². The van der Waals surface area contributed by atoms with Crippen LogP contribution < -0.4 is 10.0 Å². The Morgan fingerprint density at radius 1 is 1.13 bits per heavy atom. The largest absolute Gasteiger partial charge is 0.352 e. The maximum Gasteiger partial charge on any atom is 0.262 e. The number of carbonyl (C=O) groups is 1. The molecule has 124 valence electrons. The molecule has 2 rings (SSSR count). The highest BCUT2D eigenvalue weighted by Crippen LogP contribution is 2.27. The smallest absolute Gasteiger partial charge is 0.262 e. The summed E-state index contributed by atoms with van der Waals surface area (Å²) in [6.07, 6.45) is 0. The first-order valence-corrected chi connectivity index (χ1v) is 9.58. The fraction of sp³-hybridized carbons (Fsp3) is 0.312. The summed E-state index contributed by atoms with van der Waals surface area (Å²) in [5.41, 5.74) is 3.40. The van der Waals surface area contributed by atoms with Crippen LogP contribution in [-0.2, 0) is 10.0 Å². The molecule has 0 saturated carbocycles. The van der Waals surface area contributed by atoms with Crippen molar-refractivity contribution >= 4 is 33.0 Å². The molecule has 1 aromatic heterocycles. The van der Waals surface area contributed by atoms with Crippen LogP contribution in [0.5, 0.6) is 0 Å². The van der Waals surface area contributed by atoms with E-state index in [0.717, 1.165) is 28.0 Å². The Bertz CT molecular complexity index is 816. The molecule has 0 spiro atoms. The summed E-state index contributed by atoms with van der Waals surface area (Å²) in [5, 5.41) is 4.13. The van der Waals surface area contributed by atoms with Gasteiger partial charge >= 0.3 is 0 Å². The topological polar surface area (TPSA) is 75.3 Å². The molecule has 0 aliphatic heterocycles. The second-order valence-corrected chi connectivity index (χ2v) is 7.98. The number of hydrogen-bond donors (Lipinski definition) is 2. The Morgan fingerprint density at radius 3 is 2.30 bits per heavy atom. The Balaban J connectivity index is 2.32. The zero-order valence-electron chi connectivity index (χ0n) is 13.6. The predicted molar refractivity (Wildman–Crippen MR) is 93.8 cm³/mol. The third-order valence-corrected chi connectivity index (χ3v) is 5.77. The zero-order chi connectivity index (χ0) is 17.2. The third-order valence-electron chi connectivity index (χ3n) is 3.36. The number of benzene rings is 1. The summed E-state index contributed by atoms with van der Waals surface area (Å²) in [6, 6.07) is 5.26. The van der Waals surface area contributed by atoms with Crippen LogP contribution >= 0.6 is 11.3 Å². The first-order chi connectivity index (χ1) is 10.7. The lowest BCUT2D eigenvalue weighted by Gasteiger charge is -2.13. The standard InChI is InChI=1S/C16H20N2O3S2/c1-5-17-16(19)14-8-13(9-22-14)23(20,21)18-15-11(3)6-10(2)7-12(15)4/h6-9,18H,5H2,1-4H3,(H,17,19). The summed E-state index contributed by atoms with van der Waals surface area (Å²) < 4.78 is 27.7. The van der Waals surface area contributed by atoms with Gasteiger partial charge in [0.25, 0.3) is 15.9 Å². The summed E-state index contributed by atoms with van der Waals surface area (Å²) in [6.45, 7) is 8.01. The Hall–Kier alpha value is -1.86. The van der Waals surface area contributed by atoms with Crippen molar-refractivity contribution in [1.82, 2.24) is 5.32 Å². The molecular weight excluding hydrogens is 332 g/mol. The minimum absolute atomic E-state index is 0.100. The normalized spacial score (nSPS) is 11.3. The van der Waals surface area contributed by atoms with Gasteiger partial charge in [0.05, 0.1) is 15.5 Å². The van der Waals surface area contributed by atoms with Crippen molar-refractivity contribution < 1.29 is 13.2 Å². The van der Waals surface area contributed by atoms with E-state index in [4.69, 9.17) is 0 Å². The van der Waals surface area contributed by atoms with Crippen molar-refractivity contribution in [3.63, 3.8) is 0 Å². The van der Waals surface area contributed by atoms with Crippen molar-refractivity contribution in [2.75, 3.05) is 11.3 Å². The number of sulfonamides is 1. The van der Waals surface area contributed by atoms with Gasteiger partial charge in [0.15, 0.2) is 0 Å². The maximum absolute atomic E-state index is 12.5. The van der Waals surface area contributed by atoms with Crippen LogP contribution in [0.3, 0.4) is 0 Å². The molecule has 5 nitrogen and oxygen atoms in total. The molecule has 0 bridgehead atoms. The van der Waals surface area contributed by atoms with Crippen LogP contribution in [0, 0.1) is 20.8 Å². The number of rotatable bonds is 5. The van der Waals surface area contributed by atoms with Crippen LogP contribution in [0.4, 0.5) is 5.69 Å². The number of thiophene rings is 1. The van der Waals surface area contributed by atoms with Crippen LogP contribution in [0.1, 0.15) is 33.3 Å². The minimum Gasteiger partial charge on any atom is -0.352 e. The minimum atomic E-state index is -3.72. The third kappa shape index (κ3) is 3.92. The van der Waals surface area contributed by atoms with Gasteiger partial charge in [-0.3, -0.25) is 9.52 Å². The quantitative estimate of drug-likeness (QED) is 0.867. The van der Waals surface area contributed by atoms with Gasteiger partial charge in [0, 0.05) is 11.9 Å². The molecule has 7 heteroatoms. The van der Waals surface area contributed by atoms with Crippen molar-refractivity contribution in [3.05, 3.63) is 45.1 Å². The fourth-order valence-corrected chi connectivity index (χ4v) is 4.75. The number of aryl methyl sites for hydroxylation is 3. The second kappa shape index (κ2) is 6.72. The Labute approximate surface area is 140 Å². The van der Waals surface area contributed by atoms with Crippen LogP contribution in [-0.4, -0.2) is 20.9 Å². The highest BCUT2D eigenvalue weighted by atomic mass is 32.2. The van der Waals surface area contributed by atoms with Crippen molar-refractivity contribution in [2.45, 2.75) is 32.6 Å². The zero-order valence-corrected chi connectivity index (χ0v) is 15.2. The van der Waals surface area contributed by atoms with Gasteiger partial charge in [-0.15, -0.1) is 11.3 Å². The van der Waals surface area contributed by atoms with Crippen molar-refractivity contribution in [1.29, 1.82) is 0 Å². The molecular formula is C16H20N2O3S2. The molecule has 0 unspecified atom stereocenters. The number of hydrogen-bond acceptors (Lipinski definition) is 4. The summed E-state index contributed by atoms with van der Waals surface area (Å²) in [4.78, 5) is 12.3. The number of nitrogens with one attached hydrogen (secondary N) is 2. The number of carbonyl (C=O) groups excluding carboxylic acids is 1. The van der Waals surface area contributed by atoms with E-state index < -0.39 is 10.0 Å². The number of amides is 1. The lowest BCUT2D eigenvalue weighted by atomic mass is 10.1. The van der Waals surface area contributed by atoms with Crippen LogP contribution in [0.15, 0.2) is 28.5 Å². The molecule has 2 aromatic rings. The average molecular weight is 352 g/mol. The van der Waals surface area contributed by atoms with E-state index in [1.54, 1.807) is 0 Å². The van der Waals surface area contributed by atoms with E-state index in [9.17, 15) is 13.2 Å². The lowest BCUT2D eigenvalue weighted by Crippen LogP contribution is -2.21. The molecule has 23 heavy (non-hydrogen) atoms. The maximum atomic E-state index is 12.5.